The Balaban J connectivity index is 2.02. The average Bonchev–Trinajstić information content (AvgIpc) is 3.15. The van der Waals surface area contributed by atoms with Crippen molar-refractivity contribution in [1.82, 2.24) is 9.55 Å². The molecule has 1 aliphatic heterocycles. The van der Waals surface area contributed by atoms with Gasteiger partial charge >= 0.3 is 5.97 Å². The van der Waals surface area contributed by atoms with E-state index in [4.69, 9.17) is 9.47 Å². The summed E-state index contributed by atoms with van der Waals surface area (Å²) in [5.41, 5.74) is 0.906. The lowest BCUT2D eigenvalue weighted by molar-refractivity contribution is -0.0340. The lowest BCUT2D eigenvalue weighted by Crippen LogP contribution is -2.22. The summed E-state index contributed by atoms with van der Waals surface area (Å²) >= 11 is 0. The topological polar surface area (TPSA) is 77.1 Å². The van der Waals surface area contributed by atoms with Crippen LogP contribution >= 0.6 is 0 Å². The molecule has 150 valence electrons. The summed E-state index contributed by atoms with van der Waals surface area (Å²) in [5.74, 6) is -0.837. The van der Waals surface area contributed by atoms with Crippen LogP contribution in [0, 0.1) is 11.3 Å². The Kier molecular flexibility index (Phi) is 9.34. The third kappa shape index (κ3) is 6.07. The summed E-state index contributed by atoms with van der Waals surface area (Å²) in [6.45, 7) is 2.90. The van der Waals surface area contributed by atoms with E-state index in [1.807, 2.05) is 0 Å². The van der Waals surface area contributed by atoms with Crippen molar-refractivity contribution in [2.24, 2.45) is 0 Å². The van der Waals surface area contributed by atoms with Gasteiger partial charge in [-0.05, 0) is 25.7 Å². The summed E-state index contributed by atoms with van der Waals surface area (Å²) in [7, 11) is 1.36. The molecule has 6 heteroatoms. The van der Waals surface area contributed by atoms with Gasteiger partial charge in [0, 0.05) is 6.61 Å². The number of rotatable bonds is 11. The number of nitriles is 1. The molecule has 0 aromatic carbocycles. The molecule has 27 heavy (non-hydrogen) atoms. The number of esters is 1. The third-order valence-electron chi connectivity index (χ3n) is 5.25. The molecule has 2 atom stereocenters. The van der Waals surface area contributed by atoms with Crippen molar-refractivity contribution in [3.8, 4) is 6.07 Å². The first-order valence-electron chi connectivity index (χ1n) is 10.4. The fourth-order valence-electron chi connectivity index (χ4n) is 3.67. The molecule has 0 spiro atoms. The van der Waals surface area contributed by atoms with Crippen LogP contribution in [0.4, 0.5) is 0 Å². The smallest absolute Gasteiger partial charge is 0.356 e. The molecule has 0 N–H and O–H groups in total. The summed E-state index contributed by atoms with van der Waals surface area (Å²) in [6, 6.07) is 2.34. The van der Waals surface area contributed by atoms with Gasteiger partial charge in [0.15, 0.2) is 5.69 Å². The quantitative estimate of drug-likeness (QED) is 0.396. The van der Waals surface area contributed by atoms with E-state index in [-0.39, 0.29) is 12.1 Å². The maximum absolute atomic E-state index is 12.4. The maximum atomic E-state index is 12.4. The fraction of sp³-hybridized carbons (Fsp3) is 0.762. The summed E-state index contributed by atoms with van der Waals surface area (Å²) in [6.07, 6.45) is 13.5. The van der Waals surface area contributed by atoms with Crippen molar-refractivity contribution < 1.29 is 14.3 Å². The molecule has 0 aliphatic carbocycles. The average molecular weight is 376 g/mol. The normalized spacial score (nSPS) is 18.0. The summed E-state index contributed by atoms with van der Waals surface area (Å²) in [4.78, 5) is 16.8. The molecule has 1 aromatic rings. The Morgan fingerprint density at radius 2 is 2.07 bits per heavy atom. The van der Waals surface area contributed by atoms with Crippen LogP contribution in [-0.2, 0) is 9.47 Å². The molecule has 0 saturated carbocycles. The second kappa shape index (κ2) is 11.8. The van der Waals surface area contributed by atoms with Gasteiger partial charge in [-0.25, -0.2) is 9.78 Å². The molecular weight excluding hydrogens is 342 g/mol. The van der Waals surface area contributed by atoms with E-state index in [0.717, 1.165) is 38.5 Å². The number of nitrogens with zero attached hydrogens (tertiary/aromatic N) is 3. The maximum Gasteiger partial charge on any atom is 0.356 e. The third-order valence-corrected chi connectivity index (χ3v) is 5.25. The van der Waals surface area contributed by atoms with E-state index >= 15 is 0 Å². The lowest BCUT2D eigenvalue weighted by atomic mass is 9.97. The van der Waals surface area contributed by atoms with Crippen LogP contribution < -0.4 is 0 Å². The SMILES string of the molecule is CCCCCCCCCC(C#N)c1ncn(C2CCCCO2)c1C(=O)OC. The van der Waals surface area contributed by atoms with E-state index < -0.39 is 5.97 Å². The first-order chi connectivity index (χ1) is 13.2. The monoisotopic (exact) mass is 375 g/mol. The molecular formula is C21H33N3O3. The van der Waals surface area contributed by atoms with Crippen molar-refractivity contribution in [1.29, 1.82) is 5.26 Å². The largest absolute Gasteiger partial charge is 0.464 e. The van der Waals surface area contributed by atoms with Crippen LogP contribution in [0.3, 0.4) is 0 Å². The number of methoxy groups -OCH3 is 1. The van der Waals surface area contributed by atoms with Crippen molar-refractivity contribution in [2.45, 2.75) is 89.7 Å². The van der Waals surface area contributed by atoms with E-state index in [0.29, 0.717) is 18.0 Å². The van der Waals surface area contributed by atoms with Gasteiger partial charge in [0.25, 0.3) is 0 Å². The van der Waals surface area contributed by atoms with Gasteiger partial charge < -0.3 is 9.47 Å². The van der Waals surface area contributed by atoms with Crippen LogP contribution in [0.15, 0.2) is 6.33 Å². The number of hydrogen-bond acceptors (Lipinski definition) is 5. The fourth-order valence-corrected chi connectivity index (χ4v) is 3.67. The molecule has 1 aromatic heterocycles. The first kappa shape index (κ1) is 21.4. The number of ether oxygens (including phenoxy) is 2. The standard InChI is InChI=1S/C21H33N3O3/c1-3-4-5-6-7-8-9-12-17(15-22)19-20(21(25)26-2)24(16-23-19)18-13-10-11-14-27-18/h16-18H,3-14H2,1-2H3. The number of hydrogen-bond donors (Lipinski definition) is 0. The highest BCUT2D eigenvalue weighted by atomic mass is 16.5. The van der Waals surface area contributed by atoms with Crippen molar-refractivity contribution in [3.05, 3.63) is 17.7 Å². The molecule has 6 nitrogen and oxygen atoms in total. The molecule has 2 rings (SSSR count). The number of imidazole rings is 1. The molecule has 0 amide bonds. The summed E-state index contributed by atoms with van der Waals surface area (Å²) in [5, 5.41) is 9.67. The molecule has 2 heterocycles. The van der Waals surface area contributed by atoms with Crippen molar-refractivity contribution in [2.75, 3.05) is 13.7 Å². The number of carbonyl (C=O) groups excluding carboxylic acids is 1. The zero-order valence-corrected chi connectivity index (χ0v) is 16.8. The molecule has 1 saturated heterocycles. The predicted molar refractivity (Wildman–Crippen MR) is 103 cm³/mol. The Morgan fingerprint density at radius 3 is 2.70 bits per heavy atom. The molecule has 1 fully saturated rings. The van der Waals surface area contributed by atoms with Crippen molar-refractivity contribution >= 4 is 5.97 Å². The van der Waals surface area contributed by atoms with Gasteiger partial charge in [0.1, 0.15) is 6.23 Å². The van der Waals surface area contributed by atoms with Crippen LogP contribution in [0.5, 0.6) is 0 Å². The number of unbranched alkanes of at least 4 members (excludes halogenated alkanes) is 6. The molecule has 0 radical (unpaired) electrons. The Labute approximate surface area is 162 Å². The number of carbonyl (C=O) groups is 1. The van der Waals surface area contributed by atoms with Gasteiger partial charge in [-0.3, -0.25) is 4.57 Å². The van der Waals surface area contributed by atoms with Crippen LogP contribution in [0.25, 0.3) is 0 Å². The highest BCUT2D eigenvalue weighted by Gasteiger charge is 2.29. The highest BCUT2D eigenvalue weighted by Crippen LogP contribution is 2.30. The Morgan fingerprint density at radius 1 is 1.33 bits per heavy atom. The van der Waals surface area contributed by atoms with Gasteiger partial charge in [-0.2, -0.15) is 5.26 Å². The van der Waals surface area contributed by atoms with E-state index in [9.17, 15) is 10.1 Å². The minimum Gasteiger partial charge on any atom is -0.464 e. The molecule has 2 unspecified atom stereocenters. The van der Waals surface area contributed by atoms with Crippen LogP contribution in [-0.4, -0.2) is 29.2 Å². The zero-order valence-electron chi connectivity index (χ0n) is 16.8. The summed E-state index contributed by atoms with van der Waals surface area (Å²) < 4.78 is 12.5. The predicted octanol–water partition coefficient (Wildman–Crippen LogP) is 5.12. The van der Waals surface area contributed by atoms with Gasteiger partial charge in [0.05, 0.1) is 31.1 Å². The van der Waals surface area contributed by atoms with Crippen LogP contribution in [0.2, 0.25) is 0 Å². The minimum absolute atomic E-state index is 0.202. The van der Waals surface area contributed by atoms with E-state index in [2.05, 4.69) is 18.0 Å². The second-order valence-corrected chi connectivity index (χ2v) is 7.29. The van der Waals surface area contributed by atoms with Crippen LogP contribution in [0.1, 0.15) is 106 Å². The second-order valence-electron chi connectivity index (χ2n) is 7.29. The zero-order chi connectivity index (χ0) is 19.5. The lowest BCUT2D eigenvalue weighted by Gasteiger charge is -2.25. The first-order valence-corrected chi connectivity index (χ1v) is 10.4. The Hall–Kier alpha value is -1.87. The van der Waals surface area contributed by atoms with Gasteiger partial charge in [-0.15, -0.1) is 0 Å². The highest BCUT2D eigenvalue weighted by molar-refractivity contribution is 5.89. The van der Waals surface area contributed by atoms with Gasteiger partial charge in [0.2, 0.25) is 0 Å². The van der Waals surface area contributed by atoms with Gasteiger partial charge in [-0.1, -0.05) is 51.9 Å². The molecule has 0 bridgehead atoms. The van der Waals surface area contributed by atoms with E-state index in [1.165, 1.54) is 39.2 Å². The number of aromatic nitrogens is 2. The Bertz CT molecular complexity index is 615. The molecule has 1 aliphatic rings. The van der Waals surface area contributed by atoms with E-state index in [1.54, 1.807) is 10.9 Å². The minimum atomic E-state index is -0.448. The van der Waals surface area contributed by atoms with Crippen molar-refractivity contribution in [3.63, 3.8) is 0 Å².